The molecule has 2 rings (SSSR count). The summed E-state index contributed by atoms with van der Waals surface area (Å²) in [6, 6.07) is 6.82. The Hall–Kier alpha value is -2.13. The lowest BCUT2D eigenvalue weighted by Crippen LogP contribution is -2.36. The maximum Gasteiger partial charge on any atom is 0.254 e. The summed E-state index contributed by atoms with van der Waals surface area (Å²) in [5.41, 5.74) is 7.32. The van der Waals surface area contributed by atoms with Crippen molar-refractivity contribution >= 4 is 46.6 Å². The van der Waals surface area contributed by atoms with E-state index in [9.17, 15) is 5.11 Å². The molecule has 1 aromatic carbocycles. The highest BCUT2D eigenvalue weighted by atomic mass is 35.5. The molecule has 8 nitrogen and oxygen atoms in total. The zero-order valence-corrected chi connectivity index (χ0v) is 18.3. The highest BCUT2D eigenvalue weighted by Gasteiger charge is 2.10. The zero-order chi connectivity index (χ0) is 21.4. The summed E-state index contributed by atoms with van der Waals surface area (Å²) in [5.74, 6) is 0.884. The molecule has 0 radical (unpaired) electrons. The van der Waals surface area contributed by atoms with E-state index < -0.39 is 6.10 Å². The Morgan fingerprint density at radius 3 is 2.59 bits per heavy atom. The van der Waals surface area contributed by atoms with Crippen molar-refractivity contribution in [3.05, 3.63) is 40.0 Å². The number of nitrogens with one attached hydrogen (secondary N) is 2. The number of aryl methyl sites for hydroxylation is 1. The molecule has 0 bridgehead atoms. The van der Waals surface area contributed by atoms with E-state index in [1.807, 2.05) is 6.92 Å². The number of aliphatic hydroxyl groups is 1. The molecule has 0 fully saturated rings. The molecule has 1 aromatic heterocycles. The number of rotatable bonds is 9. The average molecular weight is 440 g/mol. The van der Waals surface area contributed by atoms with Gasteiger partial charge >= 0.3 is 0 Å². The average Bonchev–Trinajstić information content (AvgIpc) is 2.67. The van der Waals surface area contributed by atoms with E-state index in [0.717, 1.165) is 18.8 Å². The molecule has 0 aliphatic carbocycles. The van der Waals surface area contributed by atoms with Gasteiger partial charge in [-0.2, -0.15) is 9.98 Å². The number of guanidine groups is 1. The third-order valence-electron chi connectivity index (χ3n) is 4.14. The normalized spacial score (nSPS) is 12.9. The number of hydrogen-bond acceptors (Lipinski definition) is 6. The Morgan fingerprint density at radius 2 is 1.93 bits per heavy atom. The van der Waals surface area contributed by atoms with Gasteiger partial charge in [0, 0.05) is 30.5 Å². The number of likely N-dealkylation sites (N-methyl/N-ethyl adjacent to an activating group) is 1. The Balaban J connectivity index is 2.03. The van der Waals surface area contributed by atoms with Crippen molar-refractivity contribution in [1.29, 1.82) is 0 Å². The Bertz CT molecular complexity index is 843. The Labute approximate surface area is 181 Å². The molecule has 29 heavy (non-hydrogen) atoms. The topological polar surface area (TPSA) is 112 Å². The van der Waals surface area contributed by atoms with E-state index >= 15 is 0 Å². The molecule has 5 N–H and O–H groups in total. The van der Waals surface area contributed by atoms with E-state index in [2.05, 4.69) is 44.3 Å². The van der Waals surface area contributed by atoms with Crippen molar-refractivity contribution in [3.8, 4) is 0 Å². The summed E-state index contributed by atoms with van der Waals surface area (Å²) in [6.07, 6.45) is -0.515. The molecule has 0 saturated heterocycles. The van der Waals surface area contributed by atoms with E-state index in [0.29, 0.717) is 34.6 Å². The molecule has 0 aliphatic heterocycles. The van der Waals surface area contributed by atoms with E-state index in [4.69, 9.17) is 28.9 Å². The second kappa shape index (κ2) is 11.2. The van der Waals surface area contributed by atoms with Crippen molar-refractivity contribution in [2.45, 2.75) is 26.9 Å². The fourth-order valence-electron chi connectivity index (χ4n) is 2.62. The van der Waals surface area contributed by atoms with Gasteiger partial charge in [0.15, 0.2) is 0 Å². The van der Waals surface area contributed by atoms with Gasteiger partial charge in [-0.05, 0) is 38.2 Å². The van der Waals surface area contributed by atoms with Gasteiger partial charge in [0.2, 0.25) is 5.96 Å². The maximum absolute atomic E-state index is 10.2. The van der Waals surface area contributed by atoms with E-state index in [-0.39, 0.29) is 11.9 Å². The lowest BCUT2D eigenvalue weighted by atomic mass is 10.3. The minimum atomic E-state index is -0.515. The Morgan fingerprint density at radius 1 is 1.21 bits per heavy atom. The first kappa shape index (κ1) is 23.2. The van der Waals surface area contributed by atoms with Gasteiger partial charge in [-0.25, -0.2) is 4.98 Å². The molecule has 10 heteroatoms. The highest BCUT2D eigenvalue weighted by Crippen LogP contribution is 2.25. The predicted molar refractivity (Wildman–Crippen MR) is 120 cm³/mol. The van der Waals surface area contributed by atoms with Crippen LogP contribution >= 0.6 is 23.2 Å². The third-order valence-corrected chi connectivity index (χ3v) is 4.88. The fraction of sp³-hybridized carbons (Fsp3) is 0.421. The Kier molecular flexibility index (Phi) is 8.91. The van der Waals surface area contributed by atoms with Crippen molar-refractivity contribution < 1.29 is 5.11 Å². The maximum atomic E-state index is 10.2. The standard InChI is InChI=1S/C19H27Cl2N7O/c1-4-28(5-2)11-14(29)10-23-17-8-12(3)24-19(26-17)27-18(22)25-13-6-7-15(20)16(21)9-13/h6-9,14,29H,4-5,10-11H2,1-3H3,(H4,22,23,24,25,26,27)/t14-/m1/s1. The van der Waals surface area contributed by atoms with Crippen LogP contribution in [0.3, 0.4) is 0 Å². The summed E-state index contributed by atoms with van der Waals surface area (Å²) in [4.78, 5) is 15.0. The van der Waals surface area contributed by atoms with Crippen molar-refractivity contribution in [3.63, 3.8) is 0 Å². The molecule has 0 unspecified atom stereocenters. The van der Waals surface area contributed by atoms with Crippen molar-refractivity contribution in [1.82, 2.24) is 14.9 Å². The molecule has 1 heterocycles. The van der Waals surface area contributed by atoms with Crippen LogP contribution in [0.1, 0.15) is 19.5 Å². The number of hydrogen-bond donors (Lipinski definition) is 4. The fourth-order valence-corrected chi connectivity index (χ4v) is 2.92. The van der Waals surface area contributed by atoms with Crippen LogP contribution in [0.4, 0.5) is 17.5 Å². The molecule has 2 aromatic rings. The highest BCUT2D eigenvalue weighted by molar-refractivity contribution is 6.42. The van der Waals surface area contributed by atoms with E-state index in [1.54, 1.807) is 24.3 Å². The van der Waals surface area contributed by atoms with Gasteiger partial charge in [-0.3, -0.25) is 0 Å². The first-order chi connectivity index (χ1) is 13.8. The number of nitrogens with zero attached hydrogens (tertiary/aromatic N) is 4. The lowest BCUT2D eigenvalue weighted by molar-refractivity contribution is 0.128. The minimum absolute atomic E-state index is 0.113. The van der Waals surface area contributed by atoms with Crippen LogP contribution in [0.2, 0.25) is 10.0 Å². The number of aliphatic imine (C=N–C) groups is 1. The lowest BCUT2D eigenvalue weighted by Gasteiger charge is -2.22. The number of aromatic nitrogens is 2. The van der Waals surface area contributed by atoms with Gasteiger partial charge in [-0.1, -0.05) is 37.0 Å². The molecule has 158 valence electrons. The summed E-state index contributed by atoms with van der Waals surface area (Å²) >= 11 is 11.9. The minimum Gasteiger partial charge on any atom is -0.390 e. The van der Waals surface area contributed by atoms with Gasteiger partial charge in [-0.15, -0.1) is 0 Å². The van der Waals surface area contributed by atoms with Crippen LogP contribution in [0.5, 0.6) is 0 Å². The molecule has 1 atom stereocenters. The predicted octanol–water partition coefficient (Wildman–Crippen LogP) is 3.26. The molecule has 0 spiro atoms. The summed E-state index contributed by atoms with van der Waals surface area (Å²) in [5, 5.41) is 17.1. The van der Waals surface area contributed by atoms with Gasteiger partial charge in [0.25, 0.3) is 5.95 Å². The van der Waals surface area contributed by atoms with E-state index in [1.165, 1.54) is 0 Å². The number of halogens is 2. The van der Waals surface area contributed by atoms with Crippen LogP contribution in [-0.2, 0) is 0 Å². The van der Waals surface area contributed by atoms with Crippen LogP contribution in [0.15, 0.2) is 29.3 Å². The first-order valence-electron chi connectivity index (χ1n) is 9.36. The van der Waals surface area contributed by atoms with Crippen LogP contribution in [-0.4, -0.2) is 58.2 Å². The molecule has 0 aliphatic rings. The second-order valence-corrected chi connectivity index (χ2v) is 7.28. The number of nitrogens with two attached hydrogens (primary N) is 1. The first-order valence-corrected chi connectivity index (χ1v) is 10.1. The molecule has 0 saturated carbocycles. The number of benzene rings is 1. The van der Waals surface area contributed by atoms with Gasteiger partial charge < -0.3 is 26.4 Å². The third kappa shape index (κ3) is 7.66. The van der Waals surface area contributed by atoms with Gasteiger partial charge in [0.05, 0.1) is 16.1 Å². The summed E-state index contributed by atoms with van der Waals surface area (Å²) < 4.78 is 0. The van der Waals surface area contributed by atoms with Crippen molar-refractivity contribution in [2.75, 3.05) is 36.8 Å². The number of aliphatic hydroxyl groups excluding tert-OH is 1. The van der Waals surface area contributed by atoms with Crippen LogP contribution in [0.25, 0.3) is 0 Å². The van der Waals surface area contributed by atoms with Gasteiger partial charge in [0.1, 0.15) is 5.82 Å². The second-order valence-electron chi connectivity index (χ2n) is 6.47. The summed E-state index contributed by atoms with van der Waals surface area (Å²) in [6.45, 7) is 8.72. The zero-order valence-electron chi connectivity index (χ0n) is 16.8. The SMILES string of the molecule is CCN(CC)C[C@H](O)CNc1cc(C)nc(N=C(N)Nc2ccc(Cl)c(Cl)c2)n1. The van der Waals surface area contributed by atoms with Crippen LogP contribution in [0, 0.1) is 6.92 Å². The van der Waals surface area contributed by atoms with Crippen molar-refractivity contribution in [2.24, 2.45) is 10.7 Å². The smallest absolute Gasteiger partial charge is 0.254 e. The quantitative estimate of drug-likeness (QED) is 0.350. The molecular formula is C19H27Cl2N7O. The monoisotopic (exact) mass is 439 g/mol. The van der Waals surface area contributed by atoms with Crippen LogP contribution < -0.4 is 16.4 Å². The molecular weight excluding hydrogens is 413 g/mol. The molecule has 0 amide bonds. The number of anilines is 2. The largest absolute Gasteiger partial charge is 0.390 e. The summed E-state index contributed by atoms with van der Waals surface area (Å²) in [7, 11) is 0.